The molecular formula is C17H22N6O2. The number of likely N-dealkylation sites (tertiary alicyclic amines) is 2. The summed E-state index contributed by atoms with van der Waals surface area (Å²) in [5, 5.41) is 13.5. The van der Waals surface area contributed by atoms with Crippen LogP contribution in [0.15, 0.2) is 18.2 Å². The van der Waals surface area contributed by atoms with Gasteiger partial charge in [-0.2, -0.15) is 15.4 Å². The molecule has 0 bridgehead atoms. The number of nitrogens with one attached hydrogen (secondary N) is 2. The molecule has 25 heavy (non-hydrogen) atoms. The van der Waals surface area contributed by atoms with Crippen LogP contribution in [0.25, 0.3) is 11.0 Å². The number of piperidine rings is 1. The molecule has 0 saturated carbocycles. The van der Waals surface area contributed by atoms with Crippen LogP contribution in [-0.2, 0) is 4.79 Å². The van der Waals surface area contributed by atoms with Crippen molar-refractivity contribution >= 4 is 28.7 Å². The molecule has 1 atom stereocenters. The van der Waals surface area contributed by atoms with E-state index >= 15 is 0 Å². The van der Waals surface area contributed by atoms with Crippen LogP contribution in [0, 0.1) is 5.92 Å². The van der Waals surface area contributed by atoms with Crippen LogP contribution in [0.5, 0.6) is 0 Å². The molecule has 2 saturated heterocycles. The van der Waals surface area contributed by atoms with Crippen LogP contribution in [0.1, 0.15) is 25.7 Å². The minimum atomic E-state index is -0.173. The SMILES string of the molecule is O=C(Nc1ccc2n[nH]nc2c1)[C@@H]1CCCN(C(=O)N2CCCC2)C1. The summed E-state index contributed by atoms with van der Waals surface area (Å²) in [7, 11) is 0. The largest absolute Gasteiger partial charge is 0.326 e. The van der Waals surface area contributed by atoms with Crippen molar-refractivity contribution in [1.29, 1.82) is 0 Å². The molecule has 132 valence electrons. The molecule has 2 fully saturated rings. The molecule has 2 aliphatic rings. The number of fused-ring (bicyclic) bond motifs is 1. The van der Waals surface area contributed by atoms with E-state index in [9.17, 15) is 9.59 Å². The summed E-state index contributed by atoms with van der Waals surface area (Å²) in [4.78, 5) is 28.9. The van der Waals surface area contributed by atoms with Crippen molar-refractivity contribution < 1.29 is 9.59 Å². The highest BCUT2D eigenvalue weighted by Crippen LogP contribution is 2.22. The second-order valence-electron chi connectivity index (χ2n) is 6.78. The molecule has 8 heteroatoms. The predicted molar refractivity (Wildman–Crippen MR) is 93.0 cm³/mol. The smallest absolute Gasteiger partial charge is 0.320 e. The average molecular weight is 342 g/mol. The van der Waals surface area contributed by atoms with Crippen molar-refractivity contribution in [3.8, 4) is 0 Å². The van der Waals surface area contributed by atoms with Gasteiger partial charge in [-0.3, -0.25) is 4.79 Å². The third-order valence-electron chi connectivity index (χ3n) is 5.02. The van der Waals surface area contributed by atoms with Crippen molar-refractivity contribution in [2.45, 2.75) is 25.7 Å². The van der Waals surface area contributed by atoms with Gasteiger partial charge in [0.25, 0.3) is 0 Å². The van der Waals surface area contributed by atoms with Gasteiger partial charge < -0.3 is 15.1 Å². The molecule has 3 heterocycles. The summed E-state index contributed by atoms with van der Waals surface area (Å²) in [6.45, 7) is 2.91. The number of amides is 3. The molecule has 2 aliphatic heterocycles. The maximum atomic E-state index is 12.6. The minimum Gasteiger partial charge on any atom is -0.326 e. The van der Waals surface area contributed by atoms with Crippen molar-refractivity contribution in [3.63, 3.8) is 0 Å². The van der Waals surface area contributed by atoms with E-state index in [0.29, 0.717) is 17.7 Å². The lowest BCUT2D eigenvalue weighted by Crippen LogP contribution is -2.48. The molecule has 4 rings (SSSR count). The van der Waals surface area contributed by atoms with Gasteiger partial charge in [-0.1, -0.05) is 0 Å². The van der Waals surface area contributed by atoms with Crippen LogP contribution < -0.4 is 5.32 Å². The fourth-order valence-corrected chi connectivity index (χ4v) is 3.64. The fraction of sp³-hybridized carbons (Fsp3) is 0.529. The Hall–Kier alpha value is -2.64. The van der Waals surface area contributed by atoms with E-state index in [-0.39, 0.29) is 17.9 Å². The molecule has 1 aromatic heterocycles. The number of carbonyl (C=O) groups is 2. The minimum absolute atomic E-state index is 0.0400. The molecule has 0 aliphatic carbocycles. The van der Waals surface area contributed by atoms with Crippen molar-refractivity contribution in [3.05, 3.63) is 18.2 Å². The summed E-state index contributed by atoms with van der Waals surface area (Å²) in [5.74, 6) is -0.213. The first kappa shape index (κ1) is 15.9. The third kappa shape index (κ3) is 3.29. The summed E-state index contributed by atoms with van der Waals surface area (Å²) >= 11 is 0. The number of rotatable bonds is 2. The van der Waals surface area contributed by atoms with Crippen LogP contribution in [0.2, 0.25) is 0 Å². The number of H-pyrrole nitrogens is 1. The Balaban J connectivity index is 1.39. The zero-order valence-corrected chi connectivity index (χ0v) is 14.1. The van der Waals surface area contributed by atoms with E-state index in [2.05, 4.69) is 20.7 Å². The predicted octanol–water partition coefficient (Wildman–Crippen LogP) is 1.82. The van der Waals surface area contributed by atoms with Gasteiger partial charge in [-0.15, -0.1) is 0 Å². The normalized spacial score (nSPS) is 20.9. The Morgan fingerprint density at radius 2 is 1.80 bits per heavy atom. The summed E-state index contributed by atoms with van der Waals surface area (Å²) in [6.07, 6.45) is 3.82. The Labute approximate surface area is 145 Å². The van der Waals surface area contributed by atoms with E-state index in [1.54, 1.807) is 6.07 Å². The van der Waals surface area contributed by atoms with Crippen molar-refractivity contribution in [2.75, 3.05) is 31.5 Å². The van der Waals surface area contributed by atoms with Crippen LogP contribution >= 0.6 is 0 Å². The van der Waals surface area contributed by atoms with E-state index in [0.717, 1.165) is 50.8 Å². The molecular weight excluding hydrogens is 320 g/mol. The highest BCUT2D eigenvalue weighted by Gasteiger charge is 2.31. The molecule has 0 spiro atoms. The van der Waals surface area contributed by atoms with Gasteiger partial charge in [0.2, 0.25) is 5.91 Å². The highest BCUT2D eigenvalue weighted by atomic mass is 16.2. The first-order chi connectivity index (χ1) is 12.2. The maximum Gasteiger partial charge on any atom is 0.320 e. The molecule has 1 aromatic carbocycles. The molecule has 2 N–H and O–H groups in total. The van der Waals surface area contributed by atoms with Gasteiger partial charge in [0, 0.05) is 31.9 Å². The Morgan fingerprint density at radius 1 is 1.04 bits per heavy atom. The van der Waals surface area contributed by atoms with E-state index in [1.807, 2.05) is 21.9 Å². The number of nitrogens with zero attached hydrogens (tertiary/aromatic N) is 4. The maximum absolute atomic E-state index is 12.6. The van der Waals surface area contributed by atoms with E-state index in [1.165, 1.54) is 0 Å². The second kappa shape index (κ2) is 6.70. The number of hydrogen-bond acceptors (Lipinski definition) is 4. The van der Waals surface area contributed by atoms with E-state index < -0.39 is 0 Å². The van der Waals surface area contributed by atoms with Gasteiger partial charge in [0.15, 0.2) is 0 Å². The number of carbonyl (C=O) groups excluding carboxylic acids is 2. The first-order valence-corrected chi connectivity index (χ1v) is 8.86. The lowest BCUT2D eigenvalue weighted by Gasteiger charge is -2.34. The van der Waals surface area contributed by atoms with E-state index in [4.69, 9.17) is 0 Å². The van der Waals surface area contributed by atoms with Crippen LogP contribution in [-0.4, -0.2) is 63.3 Å². The topological polar surface area (TPSA) is 94.2 Å². The fourth-order valence-electron chi connectivity index (χ4n) is 3.64. The van der Waals surface area contributed by atoms with Gasteiger partial charge >= 0.3 is 6.03 Å². The summed E-state index contributed by atoms with van der Waals surface area (Å²) < 4.78 is 0. The first-order valence-electron chi connectivity index (χ1n) is 8.86. The Kier molecular flexibility index (Phi) is 4.25. The van der Waals surface area contributed by atoms with Gasteiger partial charge in [-0.05, 0) is 43.9 Å². The second-order valence-corrected chi connectivity index (χ2v) is 6.78. The number of benzene rings is 1. The zero-order chi connectivity index (χ0) is 17.2. The molecule has 2 aromatic rings. The van der Waals surface area contributed by atoms with Crippen molar-refractivity contribution in [2.24, 2.45) is 5.92 Å². The molecule has 8 nitrogen and oxygen atoms in total. The lowest BCUT2D eigenvalue weighted by molar-refractivity contribution is -0.121. The zero-order valence-electron chi connectivity index (χ0n) is 14.1. The monoisotopic (exact) mass is 342 g/mol. The summed E-state index contributed by atoms with van der Waals surface area (Å²) in [5.41, 5.74) is 2.18. The summed E-state index contributed by atoms with van der Waals surface area (Å²) in [6, 6.07) is 5.52. The van der Waals surface area contributed by atoms with Crippen molar-refractivity contribution in [1.82, 2.24) is 25.2 Å². The number of aromatic nitrogens is 3. The highest BCUT2D eigenvalue weighted by molar-refractivity contribution is 5.94. The lowest BCUT2D eigenvalue weighted by atomic mass is 9.97. The van der Waals surface area contributed by atoms with Crippen LogP contribution in [0.4, 0.5) is 10.5 Å². The molecule has 0 unspecified atom stereocenters. The Bertz CT molecular complexity index is 782. The van der Waals surface area contributed by atoms with Crippen LogP contribution in [0.3, 0.4) is 0 Å². The molecule has 3 amide bonds. The quantitative estimate of drug-likeness (QED) is 0.870. The van der Waals surface area contributed by atoms with Gasteiger partial charge in [-0.25, -0.2) is 4.79 Å². The Morgan fingerprint density at radius 3 is 2.64 bits per heavy atom. The standard InChI is InChI=1S/C17H22N6O2/c24-16(18-13-5-6-14-15(10-13)20-21-19-14)12-4-3-9-23(11-12)17(25)22-7-1-2-8-22/h5-6,10,12H,1-4,7-9,11H2,(H,18,24)(H,19,20,21)/t12-/m1/s1. The number of aromatic amines is 1. The third-order valence-corrected chi connectivity index (χ3v) is 5.02. The average Bonchev–Trinajstić information content (AvgIpc) is 3.32. The number of anilines is 1. The van der Waals surface area contributed by atoms with Gasteiger partial charge in [0.05, 0.1) is 5.92 Å². The number of hydrogen-bond donors (Lipinski definition) is 2. The number of urea groups is 1. The van der Waals surface area contributed by atoms with Gasteiger partial charge in [0.1, 0.15) is 11.0 Å². The molecule has 0 radical (unpaired) electrons.